The topological polar surface area (TPSA) is 84.1 Å². The number of anilines is 1. The summed E-state index contributed by atoms with van der Waals surface area (Å²) in [5.74, 6) is 0.197. The normalized spacial score (nSPS) is 11.1. The number of hydrogen-bond acceptors (Lipinski definition) is 4. The van der Waals surface area contributed by atoms with E-state index in [1.165, 1.54) is 18.0 Å². The summed E-state index contributed by atoms with van der Waals surface area (Å²) in [5, 5.41) is 2.40. The van der Waals surface area contributed by atoms with Crippen molar-refractivity contribution in [1.82, 2.24) is 9.97 Å². The third-order valence-electron chi connectivity index (χ3n) is 1.69. The molecule has 0 aliphatic rings. The van der Waals surface area contributed by atoms with E-state index in [1.807, 2.05) is 6.92 Å². The average Bonchev–Trinajstić information content (AvgIpc) is 2.23. The lowest BCUT2D eigenvalue weighted by atomic mass is 10.3. The molecule has 17 heavy (non-hydrogen) atoms. The molecule has 1 amide bonds. The standard InChI is InChI=1S/C10H12BrN3O3/c1-3-17-8(5-11)7-4-9(16)14-10(13-7)12-6(2)15/h4-5H,3H2,1-2H3,(H2,12,13,14,15,16)/b8-5-. The molecular formula is C10H12BrN3O3. The lowest BCUT2D eigenvalue weighted by Gasteiger charge is -2.08. The maximum absolute atomic E-state index is 11.4. The van der Waals surface area contributed by atoms with Crippen molar-refractivity contribution in [3.63, 3.8) is 0 Å². The van der Waals surface area contributed by atoms with Crippen molar-refractivity contribution >= 4 is 33.5 Å². The van der Waals surface area contributed by atoms with Gasteiger partial charge in [0.1, 0.15) is 5.69 Å². The number of rotatable bonds is 4. The van der Waals surface area contributed by atoms with Crippen molar-refractivity contribution < 1.29 is 9.53 Å². The molecule has 2 N–H and O–H groups in total. The van der Waals surface area contributed by atoms with Gasteiger partial charge >= 0.3 is 0 Å². The van der Waals surface area contributed by atoms with Crippen LogP contribution in [0, 0.1) is 0 Å². The van der Waals surface area contributed by atoms with Crippen LogP contribution in [-0.4, -0.2) is 22.5 Å². The Morgan fingerprint density at radius 1 is 1.71 bits per heavy atom. The van der Waals surface area contributed by atoms with Gasteiger partial charge in [-0.15, -0.1) is 0 Å². The zero-order chi connectivity index (χ0) is 12.8. The first-order valence-electron chi connectivity index (χ1n) is 4.89. The van der Waals surface area contributed by atoms with E-state index in [2.05, 4.69) is 31.2 Å². The van der Waals surface area contributed by atoms with Crippen LogP contribution >= 0.6 is 15.9 Å². The Hall–Kier alpha value is -1.63. The van der Waals surface area contributed by atoms with Crippen LogP contribution in [0.2, 0.25) is 0 Å². The van der Waals surface area contributed by atoms with Crippen molar-refractivity contribution in [2.24, 2.45) is 0 Å². The minimum atomic E-state index is -0.370. The Morgan fingerprint density at radius 3 is 2.94 bits per heavy atom. The fourth-order valence-corrected chi connectivity index (χ4v) is 1.49. The van der Waals surface area contributed by atoms with Gasteiger partial charge in [0, 0.05) is 18.0 Å². The molecular weight excluding hydrogens is 290 g/mol. The molecule has 0 atom stereocenters. The number of amides is 1. The Balaban J connectivity index is 3.12. The molecule has 6 nitrogen and oxygen atoms in total. The van der Waals surface area contributed by atoms with Crippen LogP contribution in [0.3, 0.4) is 0 Å². The molecule has 0 aromatic carbocycles. The van der Waals surface area contributed by atoms with E-state index in [1.54, 1.807) is 0 Å². The Morgan fingerprint density at radius 2 is 2.41 bits per heavy atom. The first-order valence-corrected chi connectivity index (χ1v) is 5.81. The van der Waals surface area contributed by atoms with Crippen molar-refractivity contribution in [3.05, 3.63) is 27.1 Å². The number of hydrogen-bond donors (Lipinski definition) is 2. The lowest BCUT2D eigenvalue weighted by Crippen LogP contribution is -2.16. The van der Waals surface area contributed by atoms with Gasteiger partial charge in [0.25, 0.3) is 5.56 Å². The van der Waals surface area contributed by atoms with Gasteiger partial charge in [-0.25, -0.2) is 4.98 Å². The highest BCUT2D eigenvalue weighted by Crippen LogP contribution is 2.14. The van der Waals surface area contributed by atoms with Gasteiger partial charge in [-0.2, -0.15) is 0 Å². The summed E-state index contributed by atoms with van der Waals surface area (Å²) in [6.45, 7) is 3.59. The van der Waals surface area contributed by atoms with E-state index in [-0.39, 0.29) is 17.4 Å². The van der Waals surface area contributed by atoms with E-state index in [0.717, 1.165) is 0 Å². The van der Waals surface area contributed by atoms with Crippen LogP contribution in [0.25, 0.3) is 5.76 Å². The van der Waals surface area contributed by atoms with Gasteiger partial charge in [-0.05, 0) is 6.92 Å². The third-order valence-corrected chi connectivity index (χ3v) is 2.10. The lowest BCUT2D eigenvalue weighted by molar-refractivity contribution is -0.114. The Kier molecular flexibility index (Phi) is 4.89. The number of ether oxygens (including phenoxy) is 1. The molecule has 0 saturated carbocycles. The van der Waals surface area contributed by atoms with Crippen LogP contribution in [0.5, 0.6) is 0 Å². The third kappa shape index (κ3) is 4.03. The largest absolute Gasteiger partial charge is 0.491 e. The molecule has 0 fully saturated rings. The van der Waals surface area contributed by atoms with Gasteiger partial charge in [-0.1, -0.05) is 15.9 Å². The van der Waals surface area contributed by atoms with Crippen molar-refractivity contribution in [2.45, 2.75) is 13.8 Å². The first-order chi connectivity index (χ1) is 8.06. The first kappa shape index (κ1) is 13.4. The molecule has 7 heteroatoms. The smallest absolute Gasteiger partial charge is 0.252 e. The van der Waals surface area contributed by atoms with Gasteiger partial charge < -0.3 is 4.74 Å². The Bertz CT molecular complexity index is 496. The summed E-state index contributed by atoms with van der Waals surface area (Å²) in [6, 6.07) is 1.29. The van der Waals surface area contributed by atoms with E-state index < -0.39 is 0 Å². The van der Waals surface area contributed by atoms with Crippen molar-refractivity contribution in [2.75, 3.05) is 11.9 Å². The van der Waals surface area contributed by atoms with Crippen molar-refractivity contribution in [1.29, 1.82) is 0 Å². The van der Waals surface area contributed by atoms with Crippen LogP contribution in [0.4, 0.5) is 5.95 Å². The molecule has 92 valence electrons. The van der Waals surface area contributed by atoms with Crippen molar-refractivity contribution in [3.8, 4) is 0 Å². The molecule has 1 aromatic heterocycles. The van der Waals surface area contributed by atoms with E-state index in [4.69, 9.17) is 4.74 Å². The zero-order valence-electron chi connectivity index (χ0n) is 9.41. The zero-order valence-corrected chi connectivity index (χ0v) is 11.0. The summed E-state index contributed by atoms with van der Waals surface area (Å²) < 4.78 is 5.28. The number of nitrogens with zero attached hydrogens (tertiary/aromatic N) is 1. The maximum atomic E-state index is 11.4. The van der Waals surface area contributed by atoms with Gasteiger partial charge in [-0.3, -0.25) is 19.9 Å². The molecule has 0 saturated heterocycles. The summed E-state index contributed by atoms with van der Waals surface area (Å²) in [6.07, 6.45) is 0. The quantitative estimate of drug-likeness (QED) is 0.825. The predicted octanol–water partition coefficient (Wildman–Crippen LogP) is 1.46. The highest BCUT2D eigenvalue weighted by molar-refractivity contribution is 9.11. The van der Waals surface area contributed by atoms with Crippen LogP contribution in [0.15, 0.2) is 15.8 Å². The molecule has 0 bridgehead atoms. The second kappa shape index (κ2) is 6.19. The number of nitrogens with one attached hydrogen (secondary N) is 2. The number of aromatic nitrogens is 2. The van der Waals surface area contributed by atoms with E-state index in [0.29, 0.717) is 18.1 Å². The van der Waals surface area contributed by atoms with Crippen LogP contribution in [0.1, 0.15) is 19.5 Å². The summed E-state index contributed by atoms with van der Waals surface area (Å²) in [5.41, 5.74) is -0.0264. The number of carbonyl (C=O) groups is 1. The number of carbonyl (C=O) groups excluding carboxylic acids is 1. The fourth-order valence-electron chi connectivity index (χ4n) is 1.13. The second-order valence-electron chi connectivity index (χ2n) is 3.07. The van der Waals surface area contributed by atoms with E-state index >= 15 is 0 Å². The van der Waals surface area contributed by atoms with Gasteiger partial charge in [0.2, 0.25) is 11.9 Å². The molecule has 1 aromatic rings. The molecule has 0 aliphatic carbocycles. The van der Waals surface area contributed by atoms with Crippen LogP contribution in [-0.2, 0) is 9.53 Å². The second-order valence-corrected chi connectivity index (χ2v) is 3.52. The summed E-state index contributed by atoms with van der Waals surface area (Å²) >= 11 is 3.13. The summed E-state index contributed by atoms with van der Waals surface area (Å²) in [4.78, 5) is 30.2. The Labute approximate surface area is 106 Å². The molecule has 0 spiro atoms. The minimum absolute atomic E-state index is 0.0894. The molecule has 1 heterocycles. The minimum Gasteiger partial charge on any atom is -0.491 e. The molecule has 1 rings (SSSR count). The molecule has 0 radical (unpaired) electrons. The number of halogens is 1. The number of H-pyrrole nitrogens is 1. The highest BCUT2D eigenvalue weighted by atomic mass is 79.9. The van der Waals surface area contributed by atoms with E-state index in [9.17, 15) is 9.59 Å². The monoisotopic (exact) mass is 301 g/mol. The fraction of sp³-hybridized carbons (Fsp3) is 0.300. The summed E-state index contributed by atoms with van der Waals surface area (Å²) in [7, 11) is 0. The van der Waals surface area contributed by atoms with Gasteiger partial charge in [0.15, 0.2) is 5.76 Å². The molecule has 0 aliphatic heterocycles. The average molecular weight is 302 g/mol. The van der Waals surface area contributed by atoms with Gasteiger partial charge in [0.05, 0.1) is 6.61 Å². The highest BCUT2D eigenvalue weighted by Gasteiger charge is 2.08. The maximum Gasteiger partial charge on any atom is 0.252 e. The van der Waals surface area contributed by atoms with Crippen LogP contribution < -0.4 is 10.9 Å². The SMILES string of the molecule is CCO/C(=C\Br)c1cc(=O)[nH]c(NC(C)=O)n1. The molecule has 0 unspecified atom stereocenters. The predicted molar refractivity (Wildman–Crippen MR) is 67.7 cm³/mol. The number of aromatic amines is 1.